The van der Waals surface area contributed by atoms with Crippen LogP contribution >= 0.6 is 0 Å². The van der Waals surface area contributed by atoms with Gasteiger partial charge in [0.1, 0.15) is 0 Å². The molecule has 3 heteroatoms. The smallest absolute Gasteiger partial charge is 0.0372 e. The molecule has 1 saturated carbocycles. The lowest BCUT2D eigenvalue weighted by molar-refractivity contribution is 0.257. The minimum Gasteiger partial charge on any atom is -0.329 e. The summed E-state index contributed by atoms with van der Waals surface area (Å²) in [6.45, 7) is 9.87. The van der Waals surface area contributed by atoms with Crippen molar-refractivity contribution in [3.05, 3.63) is 65.0 Å². The molecule has 24 heavy (non-hydrogen) atoms. The maximum atomic E-state index is 5.81. The van der Waals surface area contributed by atoms with Crippen molar-refractivity contribution < 1.29 is 0 Å². The van der Waals surface area contributed by atoms with Gasteiger partial charge in [0.15, 0.2) is 0 Å². The van der Waals surface area contributed by atoms with Crippen molar-refractivity contribution in [2.45, 2.75) is 39.2 Å². The first-order valence-corrected chi connectivity index (χ1v) is 9.09. The highest BCUT2D eigenvalue weighted by atomic mass is 15.1. The normalized spacial score (nSPS) is 20.1. The van der Waals surface area contributed by atoms with Crippen molar-refractivity contribution in [3.63, 3.8) is 0 Å². The van der Waals surface area contributed by atoms with E-state index in [0.29, 0.717) is 12.5 Å². The number of hydrogen-bond donors (Lipinski definition) is 1. The topological polar surface area (TPSA) is 42.1 Å². The molecule has 3 nitrogen and oxygen atoms in total. The summed E-state index contributed by atoms with van der Waals surface area (Å²) in [5.74, 6) is 0.658. The molecule has 1 fully saturated rings. The van der Waals surface area contributed by atoms with Crippen molar-refractivity contribution in [3.8, 4) is 0 Å². The van der Waals surface area contributed by atoms with Crippen LogP contribution in [0.4, 0.5) is 0 Å². The lowest BCUT2D eigenvalue weighted by Gasteiger charge is -2.25. The van der Waals surface area contributed by atoms with E-state index in [1.54, 1.807) is 0 Å². The number of nitrogens with zero attached hydrogens (tertiary/aromatic N) is 2. The molecule has 0 aliphatic heterocycles. The Bertz CT molecular complexity index is 640. The van der Waals surface area contributed by atoms with E-state index in [9.17, 15) is 0 Å². The van der Waals surface area contributed by atoms with Gasteiger partial charge in [-0.15, -0.1) is 0 Å². The molecule has 128 valence electrons. The van der Waals surface area contributed by atoms with E-state index >= 15 is 0 Å². The van der Waals surface area contributed by atoms with Crippen LogP contribution in [-0.4, -0.2) is 29.5 Å². The zero-order valence-electron chi connectivity index (χ0n) is 14.8. The van der Waals surface area contributed by atoms with Gasteiger partial charge in [0.05, 0.1) is 0 Å². The van der Waals surface area contributed by atoms with E-state index < -0.39 is 0 Å². The van der Waals surface area contributed by atoms with Gasteiger partial charge >= 0.3 is 0 Å². The Labute approximate surface area is 146 Å². The second-order valence-corrected chi connectivity index (χ2v) is 7.07. The van der Waals surface area contributed by atoms with Crippen LogP contribution < -0.4 is 5.73 Å². The molecule has 1 unspecified atom stereocenters. The summed E-state index contributed by atoms with van der Waals surface area (Å²) in [5, 5.41) is 0. The number of rotatable bonds is 7. The molecule has 1 atom stereocenters. The summed E-state index contributed by atoms with van der Waals surface area (Å²) in [7, 11) is 0. The molecule has 2 aliphatic carbocycles. The molecule has 1 aromatic heterocycles. The highest BCUT2D eigenvalue weighted by molar-refractivity contribution is 5.52. The molecular weight excluding hydrogens is 294 g/mol. The molecule has 1 aromatic rings. The Morgan fingerprint density at radius 1 is 1.29 bits per heavy atom. The first-order valence-electron chi connectivity index (χ1n) is 9.09. The van der Waals surface area contributed by atoms with Gasteiger partial charge in [0.2, 0.25) is 0 Å². The number of hydrogen-bond acceptors (Lipinski definition) is 3. The minimum absolute atomic E-state index is 0.658. The van der Waals surface area contributed by atoms with Crippen LogP contribution in [0, 0.1) is 12.8 Å². The van der Waals surface area contributed by atoms with Crippen LogP contribution in [0.3, 0.4) is 0 Å². The van der Waals surface area contributed by atoms with Gasteiger partial charge in [0, 0.05) is 31.5 Å². The standard InChI is InChI=1S/C21H29N3/c1-16-3-7-20-13-18(6-8-21(16)20)9-11-24(12-10-22)15-19-5-4-17(2)23-14-19/h4-5,8,13-14,18H,1,3,6-7,9-12,15,22H2,2H3. The molecule has 0 radical (unpaired) electrons. The molecule has 2 N–H and O–H groups in total. The summed E-state index contributed by atoms with van der Waals surface area (Å²) in [5.41, 5.74) is 12.5. The Balaban J connectivity index is 1.55. The van der Waals surface area contributed by atoms with Gasteiger partial charge in [-0.3, -0.25) is 9.88 Å². The van der Waals surface area contributed by atoms with Crippen molar-refractivity contribution in [1.29, 1.82) is 0 Å². The van der Waals surface area contributed by atoms with Gasteiger partial charge in [-0.2, -0.15) is 0 Å². The molecule has 0 bridgehead atoms. The van der Waals surface area contributed by atoms with Gasteiger partial charge < -0.3 is 5.73 Å². The van der Waals surface area contributed by atoms with Gasteiger partial charge in [-0.05, 0) is 73.4 Å². The average molecular weight is 323 g/mol. The van der Waals surface area contributed by atoms with Crippen molar-refractivity contribution >= 4 is 0 Å². The van der Waals surface area contributed by atoms with Crippen LogP contribution in [0.5, 0.6) is 0 Å². The van der Waals surface area contributed by atoms with E-state index in [0.717, 1.165) is 38.2 Å². The fraction of sp³-hybridized carbons (Fsp3) is 0.476. The number of pyridine rings is 1. The first kappa shape index (κ1) is 17.1. The summed E-state index contributed by atoms with van der Waals surface area (Å²) in [6, 6.07) is 4.26. The van der Waals surface area contributed by atoms with Crippen LogP contribution in [0.15, 0.2) is 53.8 Å². The lowest BCUT2D eigenvalue weighted by atomic mass is 9.89. The molecule has 0 aromatic carbocycles. The molecule has 0 saturated heterocycles. The highest BCUT2D eigenvalue weighted by Gasteiger charge is 2.22. The highest BCUT2D eigenvalue weighted by Crippen LogP contribution is 2.39. The van der Waals surface area contributed by atoms with Crippen LogP contribution in [0.1, 0.15) is 36.9 Å². The number of aromatic nitrogens is 1. The zero-order chi connectivity index (χ0) is 16.9. The van der Waals surface area contributed by atoms with Crippen molar-refractivity contribution in [2.24, 2.45) is 11.7 Å². The second kappa shape index (κ2) is 7.91. The van der Waals surface area contributed by atoms with E-state index in [1.165, 1.54) is 35.1 Å². The van der Waals surface area contributed by atoms with E-state index in [2.05, 4.69) is 40.7 Å². The number of nitrogens with two attached hydrogens (primary N) is 1. The fourth-order valence-electron chi connectivity index (χ4n) is 3.70. The van der Waals surface area contributed by atoms with Gasteiger partial charge in [-0.1, -0.05) is 24.8 Å². The predicted octanol–water partition coefficient (Wildman–Crippen LogP) is 3.76. The largest absolute Gasteiger partial charge is 0.329 e. The lowest BCUT2D eigenvalue weighted by Crippen LogP contribution is -2.31. The number of aryl methyl sites for hydroxylation is 1. The van der Waals surface area contributed by atoms with E-state index in [4.69, 9.17) is 5.73 Å². The maximum Gasteiger partial charge on any atom is 0.0372 e. The first-order chi connectivity index (χ1) is 11.7. The Hall–Kier alpha value is -1.71. The van der Waals surface area contributed by atoms with Crippen molar-refractivity contribution in [2.75, 3.05) is 19.6 Å². The van der Waals surface area contributed by atoms with Gasteiger partial charge in [0.25, 0.3) is 0 Å². The Morgan fingerprint density at radius 3 is 2.92 bits per heavy atom. The molecule has 2 aliphatic rings. The van der Waals surface area contributed by atoms with E-state index in [1.807, 2.05) is 13.1 Å². The summed E-state index contributed by atoms with van der Waals surface area (Å²) in [4.78, 5) is 6.86. The van der Waals surface area contributed by atoms with Crippen LogP contribution in [0.2, 0.25) is 0 Å². The molecular formula is C21H29N3. The summed E-state index contributed by atoms with van der Waals surface area (Å²) < 4.78 is 0. The third-order valence-electron chi connectivity index (χ3n) is 5.12. The zero-order valence-corrected chi connectivity index (χ0v) is 14.8. The van der Waals surface area contributed by atoms with E-state index in [-0.39, 0.29) is 0 Å². The molecule has 3 rings (SSSR count). The van der Waals surface area contributed by atoms with Crippen LogP contribution in [-0.2, 0) is 6.54 Å². The second-order valence-electron chi connectivity index (χ2n) is 7.07. The SMILES string of the molecule is C=C1CCC2=CC(CCN(CCN)Cc3ccc(C)nc3)CC=C12. The monoisotopic (exact) mass is 323 g/mol. The Kier molecular flexibility index (Phi) is 5.64. The molecule has 0 amide bonds. The Morgan fingerprint density at radius 2 is 2.17 bits per heavy atom. The number of fused-ring (bicyclic) bond motifs is 1. The fourth-order valence-corrected chi connectivity index (χ4v) is 3.70. The predicted molar refractivity (Wildman–Crippen MR) is 101 cm³/mol. The third kappa shape index (κ3) is 4.22. The summed E-state index contributed by atoms with van der Waals surface area (Å²) >= 11 is 0. The minimum atomic E-state index is 0.658. The average Bonchev–Trinajstić information content (AvgIpc) is 2.95. The molecule has 1 heterocycles. The quantitative estimate of drug-likeness (QED) is 0.830. The third-order valence-corrected chi connectivity index (χ3v) is 5.12. The van der Waals surface area contributed by atoms with Crippen LogP contribution in [0.25, 0.3) is 0 Å². The van der Waals surface area contributed by atoms with Gasteiger partial charge in [-0.25, -0.2) is 0 Å². The summed E-state index contributed by atoms with van der Waals surface area (Å²) in [6.07, 6.45) is 11.6. The van der Waals surface area contributed by atoms with Crippen molar-refractivity contribution in [1.82, 2.24) is 9.88 Å². The maximum absolute atomic E-state index is 5.81. The number of allylic oxidation sites excluding steroid dienone is 5. The molecule has 0 spiro atoms.